The van der Waals surface area contributed by atoms with E-state index in [-0.39, 0.29) is 0 Å². The minimum Gasteiger partial charge on any atom is -0.372 e. The third kappa shape index (κ3) is 2.86. The van der Waals surface area contributed by atoms with E-state index in [1.807, 2.05) is 6.08 Å². The summed E-state index contributed by atoms with van der Waals surface area (Å²) in [7, 11) is 0. The fraction of sp³-hybridized carbons (Fsp3) is 0.429. The third-order valence-electron chi connectivity index (χ3n) is 3.03. The molecule has 1 heterocycles. The average molecular weight is 216 g/mol. The van der Waals surface area contributed by atoms with E-state index < -0.39 is 0 Å². The van der Waals surface area contributed by atoms with Crippen LogP contribution in [0.4, 0.5) is 5.69 Å². The van der Waals surface area contributed by atoms with Crippen molar-refractivity contribution in [3.05, 3.63) is 42.5 Å². The van der Waals surface area contributed by atoms with Crippen LogP contribution in [0.1, 0.15) is 18.4 Å². The van der Waals surface area contributed by atoms with Crippen LogP contribution < -0.4 is 10.2 Å². The molecule has 86 valence electrons. The van der Waals surface area contributed by atoms with E-state index in [0.717, 1.165) is 13.1 Å². The van der Waals surface area contributed by atoms with Gasteiger partial charge >= 0.3 is 0 Å². The summed E-state index contributed by atoms with van der Waals surface area (Å²) in [5.41, 5.74) is 2.70. The fourth-order valence-corrected chi connectivity index (χ4v) is 2.12. The largest absolute Gasteiger partial charge is 0.372 e. The molecule has 1 fully saturated rings. The van der Waals surface area contributed by atoms with Gasteiger partial charge in [-0.25, -0.2) is 0 Å². The summed E-state index contributed by atoms with van der Waals surface area (Å²) in [5, 5.41) is 3.31. The fourth-order valence-electron chi connectivity index (χ4n) is 2.12. The highest BCUT2D eigenvalue weighted by Crippen LogP contribution is 2.20. The quantitative estimate of drug-likeness (QED) is 0.601. The van der Waals surface area contributed by atoms with Crippen molar-refractivity contribution in [2.24, 2.45) is 0 Å². The van der Waals surface area contributed by atoms with Gasteiger partial charge in [-0.3, -0.25) is 0 Å². The molecule has 2 heteroatoms. The smallest absolute Gasteiger partial charge is 0.0366 e. The maximum Gasteiger partial charge on any atom is 0.0366 e. The molecular formula is C14H20N2. The number of rotatable bonds is 5. The number of nitrogens with one attached hydrogen (secondary N) is 1. The van der Waals surface area contributed by atoms with Crippen molar-refractivity contribution in [3.63, 3.8) is 0 Å². The van der Waals surface area contributed by atoms with Crippen molar-refractivity contribution < 1.29 is 0 Å². The molecule has 0 aliphatic carbocycles. The van der Waals surface area contributed by atoms with Gasteiger partial charge in [-0.15, -0.1) is 6.58 Å². The van der Waals surface area contributed by atoms with Gasteiger partial charge in [-0.1, -0.05) is 18.2 Å². The number of anilines is 1. The van der Waals surface area contributed by atoms with Crippen LogP contribution in [0, 0.1) is 0 Å². The van der Waals surface area contributed by atoms with Crippen molar-refractivity contribution in [2.75, 3.05) is 24.5 Å². The summed E-state index contributed by atoms with van der Waals surface area (Å²) in [6.45, 7) is 7.91. The Morgan fingerprint density at radius 3 is 2.50 bits per heavy atom. The highest BCUT2D eigenvalue weighted by atomic mass is 15.1. The van der Waals surface area contributed by atoms with Gasteiger partial charge in [0.15, 0.2) is 0 Å². The normalized spacial score (nSPS) is 15.4. The highest BCUT2D eigenvalue weighted by molar-refractivity contribution is 5.48. The first-order valence-corrected chi connectivity index (χ1v) is 6.05. The van der Waals surface area contributed by atoms with Crippen LogP contribution in [0.3, 0.4) is 0 Å². The van der Waals surface area contributed by atoms with E-state index >= 15 is 0 Å². The zero-order chi connectivity index (χ0) is 11.2. The summed E-state index contributed by atoms with van der Waals surface area (Å²) in [5.74, 6) is 0. The number of nitrogens with zero attached hydrogens (tertiary/aromatic N) is 1. The van der Waals surface area contributed by atoms with Crippen LogP contribution in [-0.4, -0.2) is 19.6 Å². The molecule has 1 aromatic rings. The summed E-state index contributed by atoms with van der Waals surface area (Å²) in [6.07, 6.45) is 4.56. The van der Waals surface area contributed by atoms with Crippen LogP contribution >= 0.6 is 0 Å². The Hall–Kier alpha value is -1.28. The van der Waals surface area contributed by atoms with Gasteiger partial charge in [-0.2, -0.15) is 0 Å². The lowest BCUT2D eigenvalue weighted by molar-refractivity contribution is 0.760. The van der Waals surface area contributed by atoms with Gasteiger partial charge < -0.3 is 10.2 Å². The maximum absolute atomic E-state index is 3.69. The molecule has 1 N–H and O–H groups in total. The second kappa shape index (κ2) is 5.71. The second-order valence-corrected chi connectivity index (χ2v) is 4.28. The van der Waals surface area contributed by atoms with Crippen LogP contribution in [0.2, 0.25) is 0 Å². The molecule has 0 bridgehead atoms. The Morgan fingerprint density at radius 2 is 1.88 bits per heavy atom. The van der Waals surface area contributed by atoms with E-state index in [0.29, 0.717) is 0 Å². The van der Waals surface area contributed by atoms with Crippen molar-refractivity contribution in [3.8, 4) is 0 Å². The number of benzene rings is 1. The third-order valence-corrected chi connectivity index (χ3v) is 3.03. The molecule has 0 unspecified atom stereocenters. The van der Waals surface area contributed by atoms with Gasteiger partial charge in [0.2, 0.25) is 0 Å². The molecule has 2 nitrogen and oxygen atoms in total. The molecule has 1 aliphatic heterocycles. The number of hydrogen-bond acceptors (Lipinski definition) is 2. The predicted molar refractivity (Wildman–Crippen MR) is 69.8 cm³/mol. The Kier molecular flexibility index (Phi) is 4.00. The molecule has 1 saturated heterocycles. The van der Waals surface area contributed by atoms with Crippen molar-refractivity contribution in [1.29, 1.82) is 0 Å². The molecule has 0 spiro atoms. The van der Waals surface area contributed by atoms with Crippen LogP contribution in [0.15, 0.2) is 36.9 Å². The van der Waals surface area contributed by atoms with Crippen LogP contribution in [0.5, 0.6) is 0 Å². The molecular weight excluding hydrogens is 196 g/mol. The molecule has 0 aromatic heterocycles. The second-order valence-electron chi connectivity index (χ2n) is 4.28. The topological polar surface area (TPSA) is 15.3 Å². The minimum atomic E-state index is 0.869. The van der Waals surface area contributed by atoms with Crippen molar-refractivity contribution in [2.45, 2.75) is 19.4 Å². The number of hydrogen-bond donors (Lipinski definition) is 1. The molecule has 2 rings (SSSR count). The summed E-state index contributed by atoms with van der Waals surface area (Å²) in [6, 6.07) is 8.89. The Balaban J connectivity index is 1.90. The zero-order valence-corrected chi connectivity index (χ0v) is 9.78. The minimum absolute atomic E-state index is 0.869. The van der Waals surface area contributed by atoms with Gasteiger partial charge in [0.1, 0.15) is 0 Å². The standard InChI is InChI=1S/C14H20N2/c1-2-9-15-12-13-5-7-14(8-6-13)16-10-3-4-11-16/h2,5-8,15H,1,3-4,9-12H2. The van der Waals surface area contributed by atoms with E-state index in [4.69, 9.17) is 0 Å². The first-order chi connectivity index (χ1) is 7.90. The van der Waals surface area contributed by atoms with Gasteiger partial charge in [0.05, 0.1) is 0 Å². The van der Waals surface area contributed by atoms with Gasteiger partial charge in [0.25, 0.3) is 0 Å². The van der Waals surface area contributed by atoms with E-state index in [1.54, 1.807) is 0 Å². The molecule has 0 atom stereocenters. The lowest BCUT2D eigenvalue weighted by Crippen LogP contribution is -2.17. The zero-order valence-electron chi connectivity index (χ0n) is 9.78. The van der Waals surface area contributed by atoms with E-state index in [1.165, 1.54) is 37.2 Å². The molecule has 1 aliphatic rings. The first-order valence-electron chi connectivity index (χ1n) is 6.05. The van der Waals surface area contributed by atoms with Gasteiger partial charge in [-0.05, 0) is 30.5 Å². The SMILES string of the molecule is C=CCNCc1ccc(N2CCCC2)cc1. The highest BCUT2D eigenvalue weighted by Gasteiger charge is 2.11. The Bertz CT molecular complexity index is 323. The van der Waals surface area contributed by atoms with Crippen molar-refractivity contribution >= 4 is 5.69 Å². The average Bonchev–Trinajstić information content (AvgIpc) is 2.84. The molecule has 0 radical (unpaired) electrons. The first kappa shape index (κ1) is 11.2. The molecule has 16 heavy (non-hydrogen) atoms. The Labute approximate surface area is 98.0 Å². The molecule has 0 saturated carbocycles. The summed E-state index contributed by atoms with van der Waals surface area (Å²) >= 11 is 0. The monoisotopic (exact) mass is 216 g/mol. The van der Waals surface area contributed by atoms with Crippen LogP contribution in [0.25, 0.3) is 0 Å². The lowest BCUT2D eigenvalue weighted by Gasteiger charge is -2.17. The maximum atomic E-state index is 3.69. The Morgan fingerprint density at radius 1 is 1.19 bits per heavy atom. The van der Waals surface area contributed by atoms with Crippen LogP contribution in [-0.2, 0) is 6.54 Å². The molecule has 1 aromatic carbocycles. The lowest BCUT2D eigenvalue weighted by atomic mass is 10.2. The summed E-state index contributed by atoms with van der Waals surface area (Å²) in [4.78, 5) is 2.46. The van der Waals surface area contributed by atoms with E-state index in [2.05, 4.69) is 41.1 Å². The van der Waals surface area contributed by atoms with Gasteiger partial charge in [0, 0.05) is 31.9 Å². The molecule has 0 amide bonds. The summed E-state index contributed by atoms with van der Waals surface area (Å²) < 4.78 is 0. The van der Waals surface area contributed by atoms with Crippen molar-refractivity contribution in [1.82, 2.24) is 5.32 Å². The van der Waals surface area contributed by atoms with E-state index in [9.17, 15) is 0 Å². The predicted octanol–water partition coefficient (Wildman–Crippen LogP) is 2.56.